The Kier molecular flexibility index (Phi) is 4.33. The molecule has 2 aliphatic carbocycles. The highest BCUT2D eigenvalue weighted by atomic mass is 32.2. The Morgan fingerprint density at radius 3 is 2.14 bits per heavy atom. The molecule has 2 fully saturated rings. The zero-order valence-electron chi connectivity index (χ0n) is 12.2. The third-order valence-corrected chi connectivity index (χ3v) is 5.88. The van der Waals surface area contributed by atoms with E-state index in [2.05, 4.69) is 4.72 Å². The van der Waals surface area contributed by atoms with Gasteiger partial charge >= 0.3 is 0 Å². The highest BCUT2D eigenvalue weighted by Gasteiger charge is 2.43. The van der Waals surface area contributed by atoms with Crippen molar-refractivity contribution in [3.05, 3.63) is 29.8 Å². The van der Waals surface area contributed by atoms with Gasteiger partial charge in [-0.15, -0.1) is 0 Å². The van der Waals surface area contributed by atoms with Gasteiger partial charge in [0.15, 0.2) is 0 Å². The topological polar surface area (TPSA) is 66.4 Å². The summed E-state index contributed by atoms with van der Waals surface area (Å²) in [6.07, 6.45) is 6.11. The van der Waals surface area contributed by atoms with Crippen LogP contribution in [-0.2, 0) is 16.4 Å². The van der Waals surface area contributed by atoms with Gasteiger partial charge in [-0.3, -0.25) is 0 Å². The highest BCUT2D eigenvalue weighted by molar-refractivity contribution is 7.89. The maximum absolute atomic E-state index is 12.5. The number of aliphatic hydroxyl groups is 1. The lowest BCUT2D eigenvalue weighted by atomic mass is 10.1. The summed E-state index contributed by atoms with van der Waals surface area (Å²) in [5.74, 6) is 1.10. The van der Waals surface area contributed by atoms with E-state index in [-0.39, 0.29) is 12.6 Å². The first-order chi connectivity index (χ1) is 10.1. The molecule has 0 unspecified atom stereocenters. The van der Waals surface area contributed by atoms with Crippen LogP contribution in [0, 0.1) is 11.8 Å². The number of aryl methyl sites for hydroxylation is 1. The molecule has 0 atom stereocenters. The van der Waals surface area contributed by atoms with Gasteiger partial charge < -0.3 is 5.11 Å². The summed E-state index contributed by atoms with van der Waals surface area (Å²) >= 11 is 0. The Hall–Kier alpha value is -0.910. The number of sulfonamides is 1. The van der Waals surface area contributed by atoms with E-state index in [1.807, 2.05) is 12.1 Å². The number of aliphatic hydroxyl groups excluding tert-OH is 1. The number of hydrogen-bond donors (Lipinski definition) is 2. The SMILES string of the molecule is O=S(=O)(NC(C1CC1)C1CC1)c1ccc(CCCO)cc1. The van der Waals surface area contributed by atoms with Crippen LogP contribution in [0.15, 0.2) is 29.2 Å². The fourth-order valence-corrected chi connectivity index (χ4v) is 4.23. The molecule has 1 aromatic rings. The third-order valence-electron chi connectivity index (χ3n) is 4.41. The Morgan fingerprint density at radius 2 is 1.67 bits per heavy atom. The van der Waals surface area contributed by atoms with Crippen LogP contribution in [0.4, 0.5) is 0 Å². The van der Waals surface area contributed by atoms with Gasteiger partial charge in [-0.05, 0) is 68.1 Å². The normalized spacial score (nSPS) is 19.1. The minimum Gasteiger partial charge on any atom is -0.396 e. The van der Waals surface area contributed by atoms with Crippen LogP contribution in [0.25, 0.3) is 0 Å². The number of benzene rings is 1. The molecule has 0 bridgehead atoms. The first-order valence-corrected chi connectivity index (χ1v) is 9.30. The monoisotopic (exact) mass is 309 g/mol. The summed E-state index contributed by atoms with van der Waals surface area (Å²) in [5, 5.41) is 8.82. The summed E-state index contributed by atoms with van der Waals surface area (Å²) in [7, 11) is -3.41. The Bertz CT molecular complexity index is 562. The van der Waals surface area contributed by atoms with Gasteiger partial charge in [-0.1, -0.05) is 12.1 Å². The molecule has 0 saturated heterocycles. The van der Waals surface area contributed by atoms with E-state index in [1.54, 1.807) is 12.1 Å². The molecular weight excluding hydrogens is 286 g/mol. The van der Waals surface area contributed by atoms with Crippen LogP contribution in [0.1, 0.15) is 37.7 Å². The van der Waals surface area contributed by atoms with E-state index in [0.29, 0.717) is 23.2 Å². The Labute approximate surface area is 126 Å². The Morgan fingerprint density at radius 1 is 1.10 bits per heavy atom. The zero-order valence-corrected chi connectivity index (χ0v) is 13.0. The van der Waals surface area contributed by atoms with Crippen LogP contribution in [0.2, 0.25) is 0 Å². The standard InChI is InChI=1S/C16H23NO3S/c18-11-1-2-12-3-9-15(10-4-12)21(19,20)17-16(13-5-6-13)14-7-8-14/h3-4,9-10,13-14,16-18H,1-2,5-8,11H2. The van der Waals surface area contributed by atoms with E-state index < -0.39 is 10.0 Å². The zero-order chi connectivity index (χ0) is 14.9. The predicted molar refractivity (Wildman–Crippen MR) is 81.4 cm³/mol. The molecule has 0 radical (unpaired) electrons. The van der Waals surface area contributed by atoms with Crippen molar-refractivity contribution in [1.82, 2.24) is 4.72 Å². The van der Waals surface area contributed by atoms with Crippen LogP contribution in [0.5, 0.6) is 0 Å². The van der Waals surface area contributed by atoms with Gasteiger partial charge in [0.2, 0.25) is 10.0 Å². The highest BCUT2D eigenvalue weighted by Crippen LogP contribution is 2.45. The molecule has 0 aromatic heterocycles. The minimum absolute atomic E-state index is 0.143. The molecule has 0 aliphatic heterocycles. The maximum atomic E-state index is 12.5. The van der Waals surface area contributed by atoms with Crippen molar-refractivity contribution >= 4 is 10.0 Å². The molecule has 116 valence electrons. The first-order valence-electron chi connectivity index (χ1n) is 7.82. The molecule has 4 nitrogen and oxygen atoms in total. The van der Waals surface area contributed by atoms with Crippen molar-refractivity contribution in [3.8, 4) is 0 Å². The van der Waals surface area contributed by atoms with E-state index in [9.17, 15) is 8.42 Å². The second-order valence-corrected chi connectivity index (χ2v) is 8.01. The van der Waals surface area contributed by atoms with Crippen LogP contribution in [0.3, 0.4) is 0 Å². The summed E-state index contributed by atoms with van der Waals surface area (Å²) in [5.41, 5.74) is 1.06. The van der Waals surface area contributed by atoms with Gasteiger partial charge in [-0.25, -0.2) is 13.1 Å². The molecule has 21 heavy (non-hydrogen) atoms. The van der Waals surface area contributed by atoms with Gasteiger partial charge in [0.1, 0.15) is 0 Å². The maximum Gasteiger partial charge on any atom is 0.240 e. The van der Waals surface area contributed by atoms with Gasteiger partial charge in [0, 0.05) is 12.6 Å². The molecule has 1 aromatic carbocycles. The molecular formula is C16H23NO3S. The molecule has 5 heteroatoms. The van der Waals surface area contributed by atoms with Crippen molar-refractivity contribution in [2.45, 2.75) is 49.5 Å². The first kappa shape index (κ1) is 15.0. The molecule has 2 N–H and O–H groups in total. The van der Waals surface area contributed by atoms with Crippen LogP contribution < -0.4 is 4.72 Å². The van der Waals surface area contributed by atoms with Crippen molar-refractivity contribution in [2.75, 3.05) is 6.61 Å². The lowest BCUT2D eigenvalue weighted by Gasteiger charge is -2.17. The Balaban J connectivity index is 1.68. The minimum atomic E-state index is -3.41. The van der Waals surface area contributed by atoms with Crippen molar-refractivity contribution in [1.29, 1.82) is 0 Å². The lowest BCUT2D eigenvalue weighted by molar-refractivity contribution is 0.288. The van der Waals surface area contributed by atoms with Gasteiger partial charge in [-0.2, -0.15) is 0 Å². The predicted octanol–water partition coefficient (Wildman–Crippen LogP) is 2.08. The second kappa shape index (κ2) is 6.07. The number of nitrogens with one attached hydrogen (secondary N) is 1. The summed E-state index contributed by atoms with van der Waals surface area (Å²) in [6.45, 7) is 0.159. The number of rotatable bonds is 8. The van der Waals surface area contributed by atoms with E-state index in [4.69, 9.17) is 5.11 Å². The van der Waals surface area contributed by atoms with Gasteiger partial charge in [0.05, 0.1) is 4.90 Å². The number of hydrogen-bond acceptors (Lipinski definition) is 3. The molecule has 2 aliphatic rings. The summed E-state index contributed by atoms with van der Waals surface area (Å²) in [6, 6.07) is 7.17. The molecule has 3 rings (SSSR count). The fourth-order valence-electron chi connectivity index (χ4n) is 2.85. The molecule has 0 heterocycles. The second-order valence-electron chi connectivity index (χ2n) is 6.29. The molecule has 2 saturated carbocycles. The average Bonchev–Trinajstić information content (AvgIpc) is 3.36. The fraction of sp³-hybridized carbons (Fsp3) is 0.625. The van der Waals surface area contributed by atoms with Crippen molar-refractivity contribution in [2.24, 2.45) is 11.8 Å². The van der Waals surface area contributed by atoms with E-state index in [1.165, 1.54) is 0 Å². The van der Waals surface area contributed by atoms with Crippen LogP contribution in [-0.4, -0.2) is 26.2 Å². The van der Waals surface area contributed by atoms with Crippen molar-refractivity contribution in [3.63, 3.8) is 0 Å². The van der Waals surface area contributed by atoms with Crippen molar-refractivity contribution < 1.29 is 13.5 Å². The lowest BCUT2D eigenvalue weighted by Crippen LogP contribution is -2.38. The van der Waals surface area contributed by atoms with E-state index >= 15 is 0 Å². The van der Waals surface area contributed by atoms with E-state index in [0.717, 1.165) is 37.7 Å². The van der Waals surface area contributed by atoms with Crippen LogP contribution >= 0.6 is 0 Å². The largest absolute Gasteiger partial charge is 0.396 e. The quantitative estimate of drug-likeness (QED) is 0.772. The summed E-state index contributed by atoms with van der Waals surface area (Å²) in [4.78, 5) is 0.349. The smallest absolute Gasteiger partial charge is 0.240 e. The van der Waals surface area contributed by atoms with Gasteiger partial charge in [0.25, 0.3) is 0 Å². The molecule has 0 spiro atoms. The molecule has 0 amide bonds. The summed E-state index contributed by atoms with van der Waals surface area (Å²) < 4.78 is 27.9. The average molecular weight is 309 g/mol. The third kappa shape index (κ3) is 3.84.